The number of nitrogens with one attached hydrogen (secondary N) is 2. The van der Waals surface area contributed by atoms with Gasteiger partial charge in [-0.15, -0.1) is 0 Å². The van der Waals surface area contributed by atoms with E-state index in [-0.39, 0.29) is 28.0 Å². The van der Waals surface area contributed by atoms with Crippen LogP contribution in [0.25, 0.3) is 27.6 Å². The van der Waals surface area contributed by atoms with E-state index in [1.54, 1.807) is 47.4 Å². The van der Waals surface area contributed by atoms with Gasteiger partial charge in [0.15, 0.2) is 9.84 Å². The third-order valence-electron chi connectivity index (χ3n) is 8.79. The molecule has 0 aliphatic carbocycles. The Morgan fingerprint density at radius 2 is 1.64 bits per heavy atom. The van der Waals surface area contributed by atoms with E-state index < -0.39 is 15.2 Å². The average Bonchev–Trinajstić information content (AvgIpc) is 3.76. The highest BCUT2D eigenvalue weighted by Crippen LogP contribution is 2.35. The van der Waals surface area contributed by atoms with Crippen molar-refractivity contribution in [3.63, 3.8) is 0 Å². The lowest BCUT2D eigenvalue weighted by Crippen LogP contribution is -2.50. The Morgan fingerprint density at radius 1 is 0.894 bits per heavy atom. The molecule has 13 heteroatoms. The lowest BCUT2D eigenvalue weighted by Gasteiger charge is -2.38. The fourth-order valence-electron chi connectivity index (χ4n) is 6.28. The number of fused-ring (bicyclic) bond motifs is 2. The molecule has 1 unspecified atom stereocenters. The normalized spacial score (nSPS) is 15.0. The van der Waals surface area contributed by atoms with Crippen molar-refractivity contribution >= 4 is 49.3 Å². The van der Waals surface area contributed by atoms with Gasteiger partial charge in [-0.05, 0) is 61.9 Å². The van der Waals surface area contributed by atoms with Gasteiger partial charge in [0.1, 0.15) is 17.0 Å². The number of anilines is 1. The first-order chi connectivity index (χ1) is 22.5. The number of benzene rings is 3. The Kier molecular flexibility index (Phi) is 7.44. The van der Waals surface area contributed by atoms with Crippen molar-refractivity contribution in [2.24, 2.45) is 0 Å². The molecular weight excluding hydrogens is 616 g/mol. The Labute approximate surface area is 271 Å². The maximum Gasteiger partial charge on any atom is 0.219 e. The quantitative estimate of drug-likeness (QED) is 0.216. The predicted molar refractivity (Wildman–Crippen MR) is 179 cm³/mol. The largest absolute Gasteiger partial charge is 0.383 e. The van der Waals surface area contributed by atoms with Crippen molar-refractivity contribution < 1.29 is 18.0 Å². The summed E-state index contributed by atoms with van der Waals surface area (Å²) in [7, 11) is -3.86. The first kappa shape index (κ1) is 30.4. The number of aromatic nitrogens is 5. The Morgan fingerprint density at radius 3 is 2.36 bits per heavy atom. The molecule has 1 aliphatic rings. The van der Waals surface area contributed by atoms with E-state index in [1.807, 2.05) is 43.0 Å². The van der Waals surface area contributed by atoms with Crippen molar-refractivity contribution in [1.29, 1.82) is 0 Å². The molecule has 1 fully saturated rings. The van der Waals surface area contributed by atoms with Gasteiger partial charge in [0.05, 0.1) is 39.1 Å². The van der Waals surface area contributed by atoms with Crippen LogP contribution in [-0.2, 0) is 14.6 Å². The van der Waals surface area contributed by atoms with Crippen molar-refractivity contribution in [2.45, 2.75) is 31.0 Å². The summed E-state index contributed by atoms with van der Waals surface area (Å²) in [6, 6.07) is 19.5. The van der Waals surface area contributed by atoms with E-state index in [4.69, 9.17) is 5.73 Å². The van der Waals surface area contributed by atoms with Crippen LogP contribution < -0.4 is 5.73 Å². The minimum atomic E-state index is -3.86. The molecule has 3 aromatic carbocycles. The molecule has 6 aromatic rings. The number of amides is 1. The molecule has 1 amide bonds. The van der Waals surface area contributed by atoms with Gasteiger partial charge in [-0.2, -0.15) is 5.10 Å². The number of piperazine rings is 1. The number of carbonyl (C=O) groups excluding carboxylic acids is 2. The summed E-state index contributed by atoms with van der Waals surface area (Å²) in [4.78, 5) is 40.4. The van der Waals surface area contributed by atoms with Crippen LogP contribution in [0.15, 0.2) is 77.8 Å². The SMILES string of the molecule is CC(=O)N1CCN(C(c2ccc3cc(C(=O)c4cnn(-c5ccc6nc(C)[nH]c6c5)c4N)[nH]c3c2)S(=O)(=O)c2ccc(C)cc2)CC1. The first-order valence-corrected chi connectivity index (χ1v) is 16.8. The molecule has 0 saturated carbocycles. The highest BCUT2D eigenvalue weighted by atomic mass is 32.2. The zero-order chi connectivity index (χ0) is 33.0. The highest BCUT2D eigenvalue weighted by Gasteiger charge is 2.37. The van der Waals surface area contributed by atoms with Gasteiger partial charge in [0, 0.05) is 44.0 Å². The molecule has 0 radical (unpaired) electrons. The summed E-state index contributed by atoms with van der Waals surface area (Å²) in [6.07, 6.45) is 1.45. The summed E-state index contributed by atoms with van der Waals surface area (Å²) in [6.45, 7) is 6.98. The molecule has 1 atom stereocenters. The topological polar surface area (TPSA) is 163 Å². The molecule has 0 bridgehead atoms. The maximum atomic E-state index is 14.2. The van der Waals surface area contributed by atoms with E-state index >= 15 is 0 Å². The third kappa shape index (κ3) is 5.47. The van der Waals surface area contributed by atoms with Crippen LogP contribution >= 0.6 is 0 Å². The number of H-pyrrole nitrogens is 2. The van der Waals surface area contributed by atoms with Crippen LogP contribution in [0.2, 0.25) is 0 Å². The lowest BCUT2D eigenvalue weighted by atomic mass is 10.1. The second-order valence-electron chi connectivity index (χ2n) is 12.0. The number of imidazole rings is 1. The summed E-state index contributed by atoms with van der Waals surface area (Å²) in [5.74, 6) is 0.610. The number of rotatable bonds is 7. The molecule has 4 heterocycles. The van der Waals surface area contributed by atoms with Crippen molar-refractivity contribution in [1.82, 2.24) is 34.5 Å². The van der Waals surface area contributed by atoms with Crippen LogP contribution in [-0.4, -0.2) is 80.8 Å². The maximum absolute atomic E-state index is 14.2. The minimum Gasteiger partial charge on any atom is -0.383 e. The standard InChI is InChI=1S/C34H34N8O4S/c1-20-4-9-26(10-5-20)47(45,46)34(41-14-12-40(13-15-41)22(3)43)24-7-6-23-16-31(39-29(23)17-24)32(44)27-19-36-42(33(27)35)25-8-11-28-30(18-25)38-21(2)37-28/h4-11,16-19,34,39H,12-15,35H2,1-3H3,(H,37,38). The van der Waals surface area contributed by atoms with E-state index in [1.165, 1.54) is 17.8 Å². The molecule has 1 aliphatic heterocycles. The van der Waals surface area contributed by atoms with E-state index in [9.17, 15) is 18.0 Å². The van der Waals surface area contributed by atoms with Crippen molar-refractivity contribution in [2.75, 3.05) is 31.9 Å². The van der Waals surface area contributed by atoms with Gasteiger partial charge < -0.3 is 20.6 Å². The number of ketones is 1. The number of nitrogens with zero attached hydrogens (tertiary/aromatic N) is 5. The number of carbonyl (C=O) groups is 2. The minimum absolute atomic E-state index is 0.0345. The van der Waals surface area contributed by atoms with Crippen LogP contribution in [0.1, 0.15) is 45.3 Å². The van der Waals surface area contributed by atoms with Gasteiger partial charge in [-0.25, -0.2) is 18.1 Å². The molecule has 47 heavy (non-hydrogen) atoms. The van der Waals surface area contributed by atoms with Crippen LogP contribution in [0.5, 0.6) is 0 Å². The van der Waals surface area contributed by atoms with Gasteiger partial charge in [-0.3, -0.25) is 14.5 Å². The average molecular weight is 651 g/mol. The van der Waals surface area contributed by atoms with Crippen LogP contribution in [0.3, 0.4) is 0 Å². The molecule has 4 N–H and O–H groups in total. The number of aryl methyl sites for hydroxylation is 2. The fraction of sp³-hybridized carbons (Fsp3) is 0.235. The Bertz CT molecular complexity index is 2280. The monoisotopic (exact) mass is 650 g/mol. The number of hydrogen-bond donors (Lipinski definition) is 3. The Balaban J connectivity index is 1.22. The fourth-order valence-corrected chi connectivity index (χ4v) is 8.16. The first-order valence-electron chi connectivity index (χ1n) is 15.3. The van der Waals surface area contributed by atoms with E-state index in [2.05, 4.69) is 20.1 Å². The number of hydrogen-bond acceptors (Lipinski definition) is 8. The molecule has 7 rings (SSSR count). The van der Waals surface area contributed by atoms with E-state index in [0.29, 0.717) is 48.6 Å². The van der Waals surface area contributed by atoms with E-state index in [0.717, 1.165) is 27.8 Å². The van der Waals surface area contributed by atoms with Crippen LogP contribution in [0, 0.1) is 13.8 Å². The van der Waals surface area contributed by atoms with Gasteiger partial charge >= 0.3 is 0 Å². The van der Waals surface area contributed by atoms with Gasteiger partial charge in [0.2, 0.25) is 11.7 Å². The third-order valence-corrected chi connectivity index (χ3v) is 10.9. The molecule has 1 saturated heterocycles. The zero-order valence-electron chi connectivity index (χ0n) is 26.2. The van der Waals surface area contributed by atoms with Gasteiger partial charge in [-0.1, -0.05) is 29.8 Å². The summed E-state index contributed by atoms with van der Waals surface area (Å²) in [5.41, 5.74) is 11.5. The second kappa shape index (κ2) is 11.5. The van der Waals surface area contributed by atoms with Crippen molar-refractivity contribution in [3.05, 3.63) is 101 Å². The summed E-state index contributed by atoms with van der Waals surface area (Å²) in [5, 5.41) is 4.15. The number of nitrogen functional groups attached to an aromatic ring is 1. The summed E-state index contributed by atoms with van der Waals surface area (Å²) >= 11 is 0. The molecule has 12 nitrogen and oxygen atoms in total. The number of sulfone groups is 1. The Hall–Kier alpha value is -5.27. The van der Waals surface area contributed by atoms with Crippen molar-refractivity contribution in [3.8, 4) is 5.69 Å². The molecule has 240 valence electrons. The smallest absolute Gasteiger partial charge is 0.219 e. The van der Waals surface area contributed by atoms with Crippen LogP contribution in [0.4, 0.5) is 5.82 Å². The zero-order valence-corrected chi connectivity index (χ0v) is 27.0. The molecule has 3 aromatic heterocycles. The lowest BCUT2D eigenvalue weighted by molar-refractivity contribution is -0.130. The molecule has 0 spiro atoms. The predicted octanol–water partition coefficient (Wildman–Crippen LogP) is 4.30. The molecular formula is C34H34N8O4S. The van der Waals surface area contributed by atoms with Gasteiger partial charge in [0.25, 0.3) is 0 Å². The number of nitrogens with two attached hydrogens (primary N) is 1. The number of aromatic amines is 2. The summed E-state index contributed by atoms with van der Waals surface area (Å²) < 4.78 is 29.9. The highest BCUT2D eigenvalue weighted by molar-refractivity contribution is 7.91. The second-order valence-corrected chi connectivity index (χ2v) is 14.0.